The average Bonchev–Trinajstić information content (AvgIpc) is 2.52. The predicted octanol–water partition coefficient (Wildman–Crippen LogP) is 1.64. The molecular weight excluding hydrogens is 254 g/mol. The van der Waals surface area contributed by atoms with E-state index in [9.17, 15) is 4.79 Å². The molecule has 5 heteroatoms. The number of hydrogen-bond acceptors (Lipinski definition) is 3. The van der Waals surface area contributed by atoms with Crippen LogP contribution < -0.4 is 20.7 Å². The van der Waals surface area contributed by atoms with Crippen LogP contribution in [0.15, 0.2) is 24.3 Å². The lowest BCUT2D eigenvalue weighted by molar-refractivity contribution is 0.238. The first-order chi connectivity index (χ1) is 9.79. The highest BCUT2D eigenvalue weighted by Gasteiger charge is 2.13. The molecule has 0 spiro atoms. The highest BCUT2D eigenvalue weighted by Crippen LogP contribution is 2.16. The molecule has 1 atom stereocenters. The minimum atomic E-state index is -0.136. The van der Waals surface area contributed by atoms with Gasteiger partial charge in [0.15, 0.2) is 0 Å². The Bertz CT molecular complexity index is 431. The molecule has 110 valence electrons. The first kappa shape index (κ1) is 14.7. The lowest BCUT2D eigenvalue weighted by atomic mass is 10.1. The second-order valence-corrected chi connectivity index (χ2v) is 5.02. The van der Waals surface area contributed by atoms with Crippen molar-refractivity contribution in [3.05, 3.63) is 29.8 Å². The van der Waals surface area contributed by atoms with Gasteiger partial charge in [-0.25, -0.2) is 4.79 Å². The third-order valence-corrected chi connectivity index (χ3v) is 3.55. The number of nitrogens with one attached hydrogen (secondary N) is 3. The van der Waals surface area contributed by atoms with E-state index in [0.717, 1.165) is 24.3 Å². The smallest absolute Gasteiger partial charge is 0.315 e. The zero-order valence-corrected chi connectivity index (χ0v) is 11.9. The molecule has 0 bridgehead atoms. The van der Waals surface area contributed by atoms with Crippen molar-refractivity contribution >= 4 is 6.03 Å². The summed E-state index contributed by atoms with van der Waals surface area (Å²) in [6.45, 7) is 2.20. The summed E-state index contributed by atoms with van der Waals surface area (Å²) in [4.78, 5) is 11.8. The minimum Gasteiger partial charge on any atom is -0.496 e. The molecule has 1 aliphatic rings. The summed E-state index contributed by atoms with van der Waals surface area (Å²) in [6, 6.07) is 7.95. The van der Waals surface area contributed by atoms with E-state index >= 15 is 0 Å². The zero-order valence-electron chi connectivity index (χ0n) is 11.9. The third kappa shape index (κ3) is 4.42. The Hall–Kier alpha value is -1.75. The second kappa shape index (κ2) is 7.75. The zero-order chi connectivity index (χ0) is 14.2. The summed E-state index contributed by atoms with van der Waals surface area (Å²) in [5.74, 6) is 0.793. The summed E-state index contributed by atoms with van der Waals surface area (Å²) in [6.07, 6.45) is 3.60. The maximum absolute atomic E-state index is 11.8. The van der Waals surface area contributed by atoms with E-state index in [-0.39, 0.29) is 6.03 Å². The topological polar surface area (TPSA) is 62.4 Å². The van der Waals surface area contributed by atoms with Gasteiger partial charge in [0.05, 0.1) is 7.11 Å². The summed E-state index contributed by atoms with van der Waals surface area (Å²) < 4.78 is 5.25. The lowest BCUT2D eigenvalue weighted by Gasteiger charge is -2.23. The van der Waals surface area contributed by atoms with E-state index in [1.165, 1.54) is 12.8 Å². The van der Waals surface area contributed by atoms with Gasteiger partial charge >= 0.3 is 6.03 Å². The van der Waals surface area contributed by atoms with Crippen molar-refractivity contribution in [2.45, 2.75) is 31.8 Å². The van der Waals surface area contributed by atoms with Gasteiger partial charge in [0.2, 0.25) is 0 Å². The number of carbonyl (C=O) groups is 1. The summed E-state index contributed by atoms with van der Waals surface area (Å²) in [5.41, 5.74) is 0.973. The Labute approximate surface area is 120 Å². The largest absolute Gasteiger partial charge is 0.496 e. The number of benzene rings is 1. The Balaban J connectivity index is 1.71. The average molecular weight is 277 g/mol. The number of para-hydroxylation sites is 1. The first-order valence-electron chi connectivity index (χ1n) is 7.16. The summed E-state index contributed by atoms with van der Waals surface area (Å²) in [7, 11) is 1.63. The molecule has 0 radical (unpaired) electrons. The Morgan fingerprint density at radius 3 is 2.95 bits per heavy atom. The molecule has 2 amide bonds. The van der Waals surface area contributed by atoms with Crippen LogP contribution in [-0.4, -0.2) is 32.3 Å². The number of methoxy groups -OCH3 is 1. The van der Waals surface area contributed by atoms with Crippen molar-refractivity contribution in [1.82, 2.24) is 16.0 Å². The van der Waals surface area contributed by atoms with Crippen LogP contribution in [0, 0.1) is 0 Å². The molecule has 0 saturated carbocycles. The number of hydrogen-bond donors (Lipinski definition) is 3. The Morgan fingerprint density at radius 1 is 1.35 bits per heavy atom. The fourth-order valence-corrected chi connectivity index (χ4v) is 2.40. The van der Waals surface area contributed by atoms with Crippen molar-refractivity contribution in [2.24, 2.45) is 0 Å². The normalized spacial score (nSPS) is 18.4. The molecule has 0 aliphatic carbocycles. The predicted molar refractivity (Wildman–Crippen MR) is 78.9 cm³/mol. The number of ether oxygens (including phenoxy) is 1. The van der Waals surface area contributed by atoms with Gasteiger partial charge in [0, 0.05) is 24.7 Å². The maximum Gasteiger partial charge on any atom is 0.315 e. The van der Waals surface area contributed by atoms with Crippen LogP contribution in [0.2, 0.25) is 0 Å². The van der Waals surface area contributed by atoms with Gasteiger partial charge < -0.3 is 20.7 Å². The molecule has 5 nitrogen and oxygen atoms in total. The lowest BCUT2D eigenvalue weighted by Crippen LogP contribution is -2.46. The van der Waals surface area contributed by atoms with Gasteiger partial charge in [-0.3, -0.25) is 0 Å². The fraction of sp³-hybridized carbons (Fsp3) is 0.533. The van der Waals surface area contributed by atoms with Crippen molar-refractivity contribution in [1.29, 1.82) is 0 Å². The van der Waals surface area contributed by atoms with Crippen molar-refractivity contribution in [3.63, 3.8) is 0 Å². The summed E-state index contributed by atoms with van der Waals surface area (Å²) >= 11 is 0. The highest BCUT2D eigenvalue weighted by molar-refractivity contribution is 5.73. The molecule has 20 heavy (non-hydrogen) atoms. The van der Waals surface area contributed by atoms with Gasteiger partial charge in [-0.15, -0.1) is 0 Å². The second-order valence-electron chi connectivity index (χ2n) is 5.02. The van der Waals surface area contributed by atoms with Crippen LogP contribution in [0.3, 0.4) is 0 Å². The molecule has 1 heterocycles. The van der Waals surface area contributed by atoms with Crippen molar-refractivity contribution in [2.75, 3.05) is 20.2 Å². The molecule has 3 N–H and O–H groups in total. The molecule has 2 rings (SSSR count). The van der Waals surface area contributed by atoms with E-state index in [1.807, 2.05) is 24.3 Å². The van der Waals surface area contributed by atoms with Gasteiger partial charge in [-0.2, -0.15) is 0 Å². The molecule has 1 saturated heterocycles. The van der Waals surface area contributed by atoms with Crippen LogP contribution in [0.1, 0.15) is 24.8 Å². The Morgan fingerprint density at radius 2 is 2.20 bits per heavy atom. The number of amides is 2. The van der Waals surface area contributed by atoms with Gasteiger partial charge in [-0.05, 0) is 25.5 Å². The van der Waals surface area contributed by atoms with Crippen LogP contribution in [0.25, 0.3) is 0 Å². The van der Waals surface area contributed by atoms with E-state index in [2.05, 4.69) is 16.0 Å². The third-order valence-electron chi connectivity index (χ3n) is 3.55. The van der Waals surface area contributed by atoms with Crippen molar-refractivity contribution in [3.8, 4) is 5.75 Å². The fourth-order valence-electron chi connectivity index (χ4n) is 2.40. The molecular formula is C15H23N3O2. The number of rotatable bonds is 5. The molecule has 0 aromatic heterocycles. The molecule has 1 unspecified atom stereocenters. The van der Waals surface area contributed by atoms with Crippen LogP contribution in [0.4, 0.5) is 4.79 Å². The quantitative estimate of drug-likeness (QED) is 0.766. The van der Waals surface area contributed by atoms with Gasteiger partial charge in [-0.1, -0.05) is 24.6 Å². The molecule has 1 aliphatic heterocycles. The number of carbonyl (C=O) groups excluding carboxylic acids is 1. The van der Waals surface area contributed by atoms with E-state index in [1.54, 1.807) is 7.11 Å². The first-order valence-corrected chi connectivity index (χ1v) is 7.16. The van der Waals surface area contributed by atoms with E-state index in [0.29, 0.717) is 19.1 Å². The van der Waals surface area contributed by atoms with Crippen LogP contribution in [0.5, 0.6) is 5.75 Å². The number of urea groups is 1. The van der Waals surface area contributed by atoms with Gasteiger partial charge in [0.25, 0.3) is 0 Å². The van der Waals surface area contributed by atoms with E-state index < -0.39 is 0 Å². The SMILES string of the molecule is COc1ccccc1CNC(=O)NCC1CCCCN1. The standard InChI is InChI=1S/C15H23N3O2/c1-20-14-8-3-2-6-12(14)10-17-15(19)18-11-13-7-4-5-9-16-13/h2-3,6,8,13,16H,4-5,7,9-11H2,1H3,(H2,17,18,19). The molecule has 1 aromatic rings. The number of piperidine rings is 1. The molecule has 1 fully saturated rings. The van der Waals surface area contributed by atoms with E-state index in [4.69, 9.17) is 4.74 Å². The summed E-state index contributed by atoms with van der Waals surface area (Å²) in [5, 5.41) is 9.17. The monoisotopic (exact) mass is 277 g/mol. The van der Waals surface area contributed by atoms with Crippen molar-refractivity contribution < 1.29 is 9.53 Å². The Kier molecular flexibility index (Phi) is 5.68. The minimum absolute atomic E-state index is 0.136. The van der Waals surface area contributed by atoms with Gasteiger partial charge in [0.1, 0.15) is 5.75 Å². The molecule has 1 aromatic carbocycles. The maximum atomic E-state index is 11.8. The van der Waals surface area contributed by atoms with Crippen LogP contribution in [-0.2, 0) is 6.54 Å². The highest BCUT2D eigenvalue weighted by atomic mass is 16.5. The van der Waals surface area contributed by atoms with Crippen LogP contribution >= 0.6 is 0 Å².